The van der Waals surface area contributed by atoms with Crippen molar-refractivity contribution in [1.82, 2.24) is 9.55 Å². The van der Waals surface area contributed by atoms with Crippen LogP contribution in [0.15, 0.2) is 71.2 Å². The Balaban J connectivity index is 1.43. The van der Waals surface area contributed by atoms with Crippen LogP contribution >= 0.6 is 11.3 Å². The standard InChI is InChI=1S/C20H15N5O3S2/c21-12-14-1-6-18-15(11-14)7-9-25(18)13-19(26)23-16-2-4-17(5-3-16)30(27,28)24-20-22-8-10-29-20/h1-11H,13H2,(H,22,24)(H,23,26). The number of nitrogens with zero attached hydrogens (tertiary/aromatic N) is 3. The lowest BCUT2D eigenvalue weighted by Crippen LogP contribution is -2.18. The van der Waals surface area contributed by atoms with Crippen molar-refractivity contribution in [3.05, 3.63) is 71.9 Å². The molecule has 2 aromatic heterocycles. The monoisotopic (exact) mass is 437 g/mol. The zero-order valence-electron chi connectivity index (χ0n) is 15.4. The van der Waals surface area contributed by atoms with E-state index in [4.69, 9.17) is 5.26 Å². The van der Waals surface area contributed by atoms with Crippen LogP contribution in [0.3, 0.4) is 0 Å². The molecule has 4 aromatic rings. The summed E-state index contributed by atoms with van der Waals surface area (Å²) in [5.41, 5.74) is 1.89. The first kappa shape index (κ1) is 19.6. The third-order valence-corrected chi connectivity index (χ3v) is 6.49. The first-order valence-corrected chi connectivity index (χ1v) is 11.1. The maximum absolute atomic E-state index is 12.4. The predicted molar refractivity (Wildman–Crippen MR) is 115 cm³/mol. The number of nitrogens with one attached hydrogen (secondary N) is 2. The number of hydrogen-bond acceptors (Lipinski definition) is 6. The van der Waals surface area contributed by atoms with E-state index in [1.807, 2.05) is 6.07 Å². The number of benzene rings is 2. The first-order chi connectivity index (χ1) is 14.4. The van der Waals surface area contributed by atoms with Gasteiger partial charge in [-0.1, -0.05) is 0 Å². The molecule has 0 fully saturated rings. The van der Waals surface area contributed by atoms with Crippen molar-refractivity contribution in [3.8, 4) is 6.07 Å². The smallest absolute Gasteiger partial charge is 0.263 e. The molecule has 1 amide bonds. The van der Waals surface area contributed by atoms with Crippen LogP contribution < -0.4 is 10.0 Å². The van der Waals surface area contributed by atoms with Gasteiger partial charge in [0, 0.05) is 34.4 Å². The summed E-state index contributed by atoms with van der Waals surface area (Å²) in [5, 5.41) is 14.6. The average molecular weight is 438 g/mol. The van der Waals surface area contributed by atoms with Crippen molar-refractivity contribution < 1.29 is 13.2 Å². The lowest BCUT2D eigenvalue weighted by molar-refractivity contribution is -0.116. The molecule has 30 heavy (non-hydrogen) atoms. The fourth-order valence-corrected chi connectivity index (χ4v) is 4.72. The van der Waals surface area contributed by atoms with Crippen LogP contribution in [0.4, 0.5) is 10.8 Å². The second-order valence-electron chi connectivity index (χ2n) is 6.34. The van der Waals surface area contributed by atoms with Gasteiger partial charge in [0.1, 0.15) is 6.54 Å². The van der Waals surface area contributed by atoms with Crippen LogP contribution in [0.2, 0.25) is 0 Å². The topological polar surface area (TPSA) is 117 Å². The molecule has 8 nitrogen and oxygen atoms in total. The zero-order chi connectivity index (χ0) is 21.1. The van der Waals surface area contributed by atoms with Gasteiger partial charge in [-0.2, -0.15) is 5.26 Å². The summed E-state index contributed by atoms with van der Waals surface area (Å²) in [6.07, 6.45) is 3.29. The molecule has 0 atom stereocenters. The molecule has 2 N–H and O–H groups in total. The van der Waals surface area contributed by atoms with Crippen molar-refractivity contribution in [2.75, 3.05) is 10.0 Å². The number of fused-ring (bicyclic) bond motifs is 1. The molecule has 0 spiro atoms. The molecule has 0 bridgehead atoms. The summed E-state index contributed by atoms with van der Waals surface area (Å²) in [7, 11) is -3.74. The third kappa shape index (κ3) is 4.17. The zero-order valence-corrected chi connectivity index (χ0v) is 17.1. The number of thiazole rings is 1. The van der Waals surface area contributed by atoms with Gasteiger partial charge in [-0.05, 0) is 48.5 Å². The number of anilines is 2. The molecule has 4 rings (SSSR count). The van der Waals surface area contributed by atoms with Gasteiger partial charge in [-0.25, -0.2) is 13.4 Å². The van der Waals surface area contributed by atoms with Crippen molar-refractivity contribution in [1.29, 1.82) is 5.26 Å². The number of carbonyl (C=O) groups excluding carboxylic acids is 1. The molecule has 0 aliphatic heterocycles. The van der Waals surface area contributed by atoms with Crippen molar-refractivity contribution in [2.24, 2.45) is 0 Å². The predicted octanol–water partition coefficient (Wildman–Crippen LogP) is 3.41. The fraction of sp³-hybridized carbons (Fsp3) is 0.0500. The van der Waals surface area contributed by atoms with E-state index in [0.717, 1.165) is 10.9 Å². The van der Waals surface area contributed by atoms with E-state index in [1.54, 1.807) is 34.3 Å². The Morgan fingerprint density at radius 3 is 2.67 bits per heavy atom. The van der Waals surface area contributed by atoms with Gasteiger partial charge in [0.05, 0.1) is 16.5 Å². The Bertz CT molecular complexity index is 1350. The number of aromatic nitrogens is 2. The van der Waals surface area contributed by atoms with Crippen LogP contribution in [-0.4, -0.2) is 23.9 Å². The van der Waals surface area contributed by atoms with Crippen LogP contribution in [-0.2, 0) is 21.4 Å². The quantitative estimate of drug-likeness (QED) is 0.479. The van der Waals surface area contributed by atoms with Crippen LogP contribution in [0.1, 0.15) is 5.56 Å². The van der Waals surface area contributed by atoms with E-state index in [2.05, 4.69) is 21.1 Å². The maximum Gasteiger partial charge on any atom is 0.263 e. The van der Waals surface area contributed by atoms with E-state index >= 15 is 0 Å². The molecule has 0 saturated carbocycles. The normalized spacial score (nSPS) is 11.2. The van der Waals surface area contributed by atoms with E-state index in [1.165, 1.54) is 41.8 Å². The van der Waals surface area contributed by atoms with Gasteiger partial charge < -0.3 is 9.88 Å². The van der Waals surface area contributed by atoms with Crippen molar-refractivity contribution in [2.45, 2.75) is 11.4 Å². The molecular formula is C20H15N5O3S2. The molecule has 0 saturated heterocycles. The van der Waals surface area contributed by atoms with Gasteiger partial charge in [-0.15, -0.1) is 11.3 Å². The van der Waals surface area contributed by atoms with Gasteiger partial charge in [0.2, 0.25) is 5.91 Å². The highest BCUT2D eigenvalue weighted by Crippen LogP contribution is 2.20. The molecule has 0 aliphatic rings. The first-order valence-electron chi connectivity index (χ1n) is 8.76. The lowest BCUT2D eigenvalue weighted by Gasteiger charge is -2.09. The van der Waals surface area contributed by atoms with Crippen LogP contribution in [0.25, 0.3) is 10.9 Å². The number of carbonyl (C=O) groups is 1. The number of sulfonamides is 1. The Morgan fingerprint density at radius 2 is 1.97 bits per heavy atom. The van der Waals surface area contributed by atoms with Crippen LogP contribution in [0.5, 0.6) is 0 Å². The lowest BCUT2D eigenvalue weighted by atomic mass is 10.2. The molecule has 0 radical (unpaired) electrons. The maximum atomic E-state index is 12.4. The molecule has 150 valence electrons. The van der Waals surface area contributed by atoms with Gasteiger partial charge in [-0.3, -0.25) is 9.52 Å². The minimum absolute atomic E-state index is 0.0698. The van der Waals surface area contributed by atoms with E-state index in [-0.39, 0.29) is 22.5 Å². The number of amides is 1. The summed E-state index contributed by atoms with van der Waals surface area (Å²) >= 11 is 1.18. The minimum Gasteiger partial charge on any atom is -0.338 e. The van der Waals surface area contributed by atoms with E-state index in [9.17, 15) is 13.2 Å². The second kappa shape index (κ2) is 7.98. The largest absolute Gasteiger partial charge is 0.338 e. The van der Waals surface area contributed by atoms with Crippen molar-refractivity contribution in [3.63, 3.8) is 0 Å². The molecule has 2 heterocycles. The number of nitriles is 1. The third-order valence-electron chi connectivity index (χ3n) is 4.32. The molecular weight excluding hydrogens is 422 g/mol. The van der Waals surface area contributed by atoms with Crippen LogP contribution in [0, 0.1) is 11.3 Å². The fourth-order valence-electron chi connectivity index (χ4n) is 2.93. The Morgan fingerprint density at radius 1 is 1.17 bits per heavy atom. The summed E-state index contributed by atoms with van der Waals surface area (Å²) in [4.78, 5) is 16.4. The highest BCUT2D eigenvalue weighted by atomic mass is 32.2. The highest BCUT2D eigenvalue weighted by Gasteiger charge is 2.15. The van der Waals surface area contributed by atoms with Crippen molar-refractivity contribution >= 4 is 49.0 Å². The SMILES string of the molecule is N#Cc1ccc2c(ccn2CC(=O)Nc2ccc(S(=O)(=O)Nc3nccs3)cc2)c1. The Hall–Kier alpha value is -3.68. The van der Waals surface area contributed by atoms with Gasteiger partial charge in [0.15, 0.2) is 5.13 Å². The summed E-state index contributed by atoms with van der Waals surface area (Å²) in [6.45, 7) is 0.0844. The second-order valence-corrected chi connectivity index (χ2v) is 8.92. The van der Waals surface area contributed by atoms with Gasteiger partial charge in [0.25, 0.3) is 10.0 Å². The Labute approximate surface area is 176 Å². The molecule has 10 heteroatoms. The number of rotatable bonds is 6. The van der Waals surface area contributed by atoms with E-state index < -0.39 is 10.0 Å². The molecule has 0 aliphatic carbocycles. The molecule has 2 aromatic carbocycles. The highest BCUT2D eigenvalue weighted by molar-refractivity contribution is 7.93. The minimum atomic E-state index is -3.74. The van der Waals surface area contributed by atoms with E-state index in [0.29, 0.717) is 11.3 Å². The summed E-state index contributed by atoms with van der Waals surface area (Å²) in [5.74, 6) is -0.256. The molecule has 0 unspecified atom stereocenters. The summed E-state index contributed by atoms with van der Waals surface area (Å²) < 4.78 is 28.9. The Kier molecular flexibility index (Phi) is 5.22. The number of hydrogen-bond donors (Lipinski definition) is 2. The average Bonchev–Trinajstić information content (AvgIpc) is 3.37. The van der Waals surface area contributed by atoms with Gasteiger partial charge >= 0.3 is 0 Å². The summed E-state index contributed by atoms with van der Waals surface area (Å²) in [6, 6.07) is 15.1.